The molecule has 358 valence electrons. The number of aliphatic hydroxyl groups excluding tert-OH is 3. The van der Waals surface area contributed by atoms with Crippen molar-refractivity contribution in [3.63, 3.8) is 0 Å². The predicted molar refractivity (Wildman–Crippen MR) is 258 cm³/mol. The highest BCUT2D eigenvalue weighted by Gasteiger charge is 2.43. The second-order valence-corrected chi connectivity index (χ2v) is 21.5. The number of aliphatic imine (C=N–C) groups is 1. The first-order valence-corrected chi connectivity index (χ1v) is 25.3. The van der Waals surface area contributed by atoms with E-state index in [-0.39, 0.29) is 53.5 Å². The van der Waals surface area contributed by atoms with E-state index in [9.17, 15) is 25.5 Å². The summed E-state index contributed by atoms with van der Waals surface area (Å²) in [5.41, 5.74) is 13.4. The highest BCUT2D eigenvalue weighted by molar-refractivity contribution is 5.84. The van der Waals surface area contributed by atoms with Gasteiger partial charge >= 0.3 is 0 Å². The molecule has 4 aliphatic carbocycles. The molecule has 0 aromatic heterocycles. The van der Waals surface area contributed by atoms with Gasteiger partial charge in [-0.2, -0.15) is 0 Å². The highest BCUT2D eigenvalue weighted by Crippen LogP contribution is 2.56. The molecule has 9 aliphatic rings. The van der Waals surface area contributed by atoms with Crippen molar-refractivity contribution in [2.45, 2.75) is 147 Å². The van der Waals surface area contributed by atoms with E-state index < -0.39 is 18.3 Å². The zero-order chi connectivity index (χ0) is 46.3. The Kier molecular flexibility index (Phi) is 13.9. The molecule has 1 spiro atoms. The van der Waals surface area contributed by atoms with Gasteiger partial charge in [0.15, 0.2) is 17.5 Å². The number of fused-ring (bicyclic) bond motifs is 2. The second-order valence-electron chi connectivity index (χ2n) is 21.5. The maximum absolute atomic E-state index is 12.2. The van der Waals surface area contributed by atoms with Crippen LogP contribution in [0.3, 0.4) is 0 Å². The number of nitrogens with zero attached hydrogens (tertiary/aromatic N) is 1. The molecule has 8 bridgehead atoms. The summed E-state index contributed by atoms with van der Waals surface area (Å²) in [7, 11) is 1.71. The minimum atomic E-state index is -0.900. The Morgan fingerprint density at radius 2 is 1.71 bits per heavy atom. The van der Waals surface area contributed by atoms with Gasteiger partial charge in [0, 0.05) is 49.2 Å². The van der Waals surface area contributed by atoms with Crippen molar-refractivity contribution in [3.8, 4) is 39.9 Å². The average Bonchev–Trinajstić information content (AvgIpc) is 3.76. The Balaban J connectivity index is 1.14. The van der Waals surface area contributed by atoms with Crippen LogP contribution >= 0.6 is 0 Å². The monoisotopic (exact) mass is 906 g/mol. The van der Waals surface area contributed by atoms with Gasteiger partial charge in [0.1, 0.15) is 29.5 Å². The Morgan fingerprint density at radius 3 is 2.47 bits per heavy atom. The smallest absolute Gasteiger partial charge is 0.188 e. The predicted octanol–water partition coefficient (Wildman–Crippen LogP) is 9.03. The Hall–Kier alpha value is -4.45. The fourth-order valence-corrected chi connectivity index (χ4v) is 13.3. The summed E-state index contributed by atoms with van der Waals surface area (Å²) < 4.78 is 20.0. The van der Waals surface area contributed by atoms with Crippen LogP contribution in [0.15, 0.2) is 53.5 Å². The minimum Gasteiger partial charge on any atom is -0.508 e. The molecule has 3 aromatic carbocycles. The van der Waals surface area contributed by atoms with E-state index in [0.717, 1.165) is 97.6 Å². The number of hydrogen-bond donors (Lipinski definition) is 7. The third-order valence-electron chi connectivity index (χ3n) is 16.7. The largest absolute Gasteiger partial charge is 0.508 e. The van der Waals surface area contributed by atoms with Crippen molar-refractivity contribution >= 4 is 5.96 Å². The summed E-state index contributed by atoms with van der Waals surface area (Å²) in [6.45, 7) is 7.79. The third kappa shape index (κ3) is 9.38. The number of hydrogen-bond acceptors (Lipinski definition) is 11. The summed E-state index contributed by atoms with van der Waals surface area (Å²) in [5, 5.41) is 60.7. The molecule has 3 aromatic rings. The van der Waals surface area contributed by atoms with E-state index in [1.807, 2.05) is 18.2 Å². The molecule has 66 heavy (non-hydrogen) atoms. The van der Waals surface area contributed by atoms with Crippen LogP contribution in [0.25, 0.3) is 11.1 Å². The molecule has 11 heteroatoms. The third-order valence-corrected chi connectivity index (χ3v) is 16.7. The number of benzene rings is 3. The van der Waals surface area contributed by atoms with Crippen LogP contribution < -0.4 is 25.3 Å². The van der Waals surface area contributed by atoms with Crippen molar-refractivity contribution in [3.05, 3.63) is 76.4 Å². The van der Waals surface area contributed by atoms with Gasteiger partial charge in [-0.25, -0.2) is 0 Å². The van der Waals surface area contributed by atoms with E-state index in [1.54, 1.807) is 19.2 Å². The number of phenolic OH excluding ortho intramolecular Hbond substituents is 2. The SMILES string of the molecule is CC[C@@H]1C[C@@H]2C=C[C@H]1C[C@H](O)CC1(CCCC1)CN=C(N)NCC[C@H]1[C@H](CO)CCC[C@@H]1Oc1cc(ccc1O)[C@@H]1Oc3cc(OC)c4c(c3C[C@H]1O)[C@H]2Cc1cc(O)c(CC(C)C)cc1-4. The Bertz CT molecular complexity index is 2270. The van der Waals surface area contributed by atoms with Crippen LogP contribution in [0.4, 0.5) is 0 Å². The summed E-state index contributed by atoms with van der Waals surface area (Å²) in [6.07, 6.45) is 15.2. The standard InChI is InChI=1S/C55H75N3O8/c1-5-32-20-34-12-11-33(32)21-39(60)28-55(16-6-7-17-55)30-58-54(56)57-18-15-40-36(29-59)9-8-10-47(40)65-49-25-35(13-14-44(49)61)53-46(63)26-43-48(66-53)27-50(64-4)52-42-23-38(19-31(2)3)45(62)24-37(42)22-41(34)51(43)52/h11-14,23-25,27,31-34,36,39-41,46-47,53,59-63H,5-10,15-22,26,28-30H2,1-4H3,(H3,56,57,58)/t32-,33+,34+,36+,39+,40+,41+,46-,47+,53+/m1/s1. The summed E-state index contributed by atoms with van der Waals surface area (Å²) >= 11 is 0. The molecule has 0 radical (unpaired) electrons. The van der Waals surface area contributed by atoms with E-state index >= 15 is 0 Å². The first-order chi connectivity index (χ1) is 31.9. The molecule has 11 nitrogen and oxygen atoms in total. The number of nitrogens with two attached hydrogens (primary N) is 1. The lowest BCUT2D eigenvalue weighted by molar-refractivity contribution is 0.0166. The van der Waals surface area contributed by atoms with Gasteiger partial charge in [0.2, 0.25) is 0 Å². The number of guanidine groups is 1. The van der Waals surface area contributed by atoms with Crippen LogP contribution in [0.1, 0.15) is 138 Å². The van der Waals surface area contributed by atoms with Crippen LogP contribution in [-0.2, 0) is 19.3 Å². The highest BCUT2D eigenvalue weighted by atomic mass is 16.5. The normalized spacial score (nSPS) is 30.8. The maximum atomic E-state index is 12.2. The lowest BCUT2D eigenvalue weighted by Gasteiger charge is -2.42. The molecule has 12 rings (SSSR count). The fraction of sp³-hybridized carbons (Fsp3) is 0.618. The summed E-state index contributed by atoms with van der Waals surface area (Å²) in [4.78, 5) is 4.90. The van der Waals surface area contributed by atoms with Crippen molar-refractivity contribution in [1.82, 2.24) is 5.32 Å². The molecule has 0 amide bonds. The summed E-state index contributed by atoms with van der Waals surface area (Å²) in [5.74, 6) is 3.62. The number of aromatic hydroxyl groups is 2. The molecule has 2 saturated carbocycles. The number of methoxy groups -OCH3 is 1. The lowest BCUT2D eigenvalue weighted by Crippen LogP contribution is -2.41. The average molecular weight is 906 g/mol. The Morgan fingerprint density at radius 1 is 0.909 bits per heavy atom. The lowest BCUT2D eigenvalue weighted by atomic mass is 9.64. The topological polar surface area (TPSA) is 179 Å². The van der Waals surface area contributed by atoms with Crippen LogP contribution in [0, 0.1) is 40.9 Å². The molecule has 0 saturated heterocycles. The van der Waals surface area contributed by atoms with Crippen molar-refractivity contribution < 1.29 is 39.7 Å². The van der Waals surface area contributed by atoms with Gasteiger partial charge in [-0.3, -0.25) is 4.99 Å². The van der Waals surface area contributed by atoms with Gasteiger partial charge in [0.25, 0.3) is 0 Å². The molecule has 5 heterocycles. The quantitative estimate of drug-likeness (QED) is 0.122. The maximum Gasteiger partial charge on any atom is 0.188 e. The first-order valence-electron chi connectivity index (χ1n) is 25.3. The molecule has 5 aliphatic heterocycles. The van der Waals surface area contributed by atoms with Gasteiger partial charge in [0.05, 0.1) is 19.3 Å². The van der Waals surface area contributed by atoms with Gasteiger partial charge < -0.3 is 50.8 Å². The number of phenols is 2. The number of allylic oxidation sites excluding steroid dienone is 2. The number of aliphatic hydroxyl groups is 3. The Labute approximate surface area is 391 Å². The zero-order valence-corrected chi connectivity index (χ0v) is 39.7. The van der Waals surface area contributed by atoms with E-state index in [4.69, 9.17) is 24.9 Å². The van der Waals surface area contributed by atoms with E-state index in [1.165, 1.54) is 0 Å². The number of ether oxygens (including phenoxy) is 3. The van der Waals surface area contributed by atoms with Crippen molar-refractivity contribution in [1.29, 1.82) is 0 Å². The molecule has 8 N–H and O–H groups in total. The van der Waals surface area contributed by atoms with Crippen LogP contribution in [0.5, 0.6) is 28.7 Å². The molecular weight excluding hydrogens is 831 g/mol. The molecule has 0 unspecified atom stereocenters. The van der Waals surface area contributed by atoms with Gasteiger partial charge in [-0.05, 0) is 164 Å². The molecular formula is C55H75N3O8. The van der Waals surface area contributed by atoms with E-state index in [0.29, 0.717) is 91.6 Å². The number of nitrogens with one attached hydrogen (secondary N) is 1. The van der Waals surface area contributed by atoms with Gasteiger partial charge in [-0.1, -0.05) is 58.3 Å². The molecule has 2 fully saturated rings. The molecule has 10 atom stereocenters. The first kappa shape index (κ1) is 46.7. The van der Waals surface area contributed by atoms with Crippen LogP contribution in [0.2, 0.25) is 0 Å². The van der Waals surface area contributed by atoms with Crippen molar-refractivity contribution in [2.24, 2.45) is 51.6 Å². The zero-order valence-electron chi connectivity index (χ0n) is 39.7. The number of rotatable bonds is 5. The minimum absolute atomic E-state index is 0.00357. The van der Waals surface area contributed by atoms with Gasteiger partial charge in [-0.15, -0.1) is 0 Å². The van der Waals surface area contributed by atoms with Crippen LogP contribution in [-0.4, -0.2) is 76.6 Å². The van der Waals surface area contributed by atoms with Crippen molar-refractivity contribution in [2.75, 3.05) is 26.8 Å². The fourth-order valence-electron chi connectivity index (χ4n) is 13.3. The summed E-state index contributed by atoms with van der Waals surface area (Å²) in [6, 6.07) is 11.4. The van der Waals surface area contributed by atoms with E-state index in [2.05, 4.69) is 44.3 Å². The second kappa shape index (κ2) is 19.6.